The van der Waals surface area contributed by atoms with Crippen molar-refractivity contribution in [2.45, 2.75) is 35.7 Å². The van der Waals surface area contributed by atoms with Gasteiger partial charge in [-0.25, -0.2) is 16.8 Å². The van der Waals surface area contributed by atoms with Crippen molar-refractivity contribution in [2.24, 2.45) is 0 Å². The molecule has 1 aliphatic heterocycles. The van der Waals surface area contributed by atoms with Gasteiger partial charge in [0.1, 0.15) is 11.5 Å². The molecule has 1 fully saturated rings. The van der Waals surface area contributed by atoms with E-state index in [4.69, 9.17) is 4.42 Å². The van der Waals surface area contributed by atoms with Crippen molar-refractivity contribution in [3.8, 4) is 0 Å². The maximum atomic E-state index is 12.7. The molecule has 0 atom stereocenters. The van der Waals surface area contributed by atoms with Crippen molar-refractivity contribution in [3.63, 3.8) is 0 Å². The molecule has 2 heterocycles. The first-order valence-electron chi connectivity index (χ1n) is 8.10. The molecule has 136 valence electrons. The van der Waals surface area contributed by atoms with Crippen LogP contribution >= 0.6 is 0 Å². The van der Waals surface area contributed by atoms with Gasteiger partial charge in [0.25, 0.3) is 0 Å². The highest BCUT2D eigenvalue weighted by atomic mass is 32.2. The van der Waals surface area contributed by atoms with Crippen molar-refractivity contribution >= 4 is 19.9 Å². The van der Waals surface area contributed by atoms with E-state index >= 15 is 0 Å². The molecule has 0 saturated carbocycles. The molecule has 3 rings (SSSR count). The Morgan fingerprint density at radius 1 is 1.04 bits per heavy atom. The predicted molar refractivity (Wildman–Crippen MR) is 94.3 cm³/mol. The summed E-state index contributed by atoms with van der Waals surface area (Å²) in [5, 5.41) is -0.540. The maximum absolute atomic E-state index is 12.7. The van der Waals surface area contributed by atoms with E-state index < -0.39 is 25.1 Å². The fourth-order valence-corrected chi connectivity index (χ4v) is 6.20. The number of rotatable bonds is 5. The SMILES string of the molecule is Cc1ccc(S(=O)(=O)N2CCC(S(=O)(=O)Cc3ccco3)CC2)cc1. The molecule has 0 radical (unpaired) electrons. The van der Waals surface area contributed by atoms with Gasteiger partial charge in [-0.05, 0) is 44.0 Å². The second-order valence-electron chi connectivity index (χ2n) is 6.30. The number of sulfone groups is 1. The summed E-state index contributed by atoms with van der Waals surface area (Å²) in [5.41, 5.74) is 0.988. The highest BCUT2D eigenvalue weighted by molar-refractivity contribution is 7.91. The Morgan fingerprint density at radius 3 is 2.24 bits per heavy atom. The van der Waals surface area contributed by atoms with E-state index in [1.54, 1.807) is 36.4 Å². The Bertz CT molecular complexity index is 908. The lowest BCUT2D eigenvalue weighted by atomic mass is 10.2. The summed E-state index contributed by atoms with van der Waals surface area (Å²) in [6, 6.07) is 9.98. The zero-order valence-electron chi connectivity index (χ0n) is 14.0. The minimum atomic E-state index is -3.58. The third-order valence-corrected chi connectivity index (χ3v) is 8.58. The molecular weight excluding hydrogens is 362 g/mol. The zero-order valence-corrected chi connectivity index (χ0v) is 15.6. The smallest absolute Gasteiger partial charge is 0.243 e. The van der Waals surface area contributed by atoms with Gasteiger partial charge in [-0.1, -0.05) is 17.7 Å². The van der Waals surface area contributed by atoms with Gasteiger partial charge < -0.3 is 4.42 Å². The second-order valence-corrected chi connectivity index (χ2v) is 10.5. The van der Waals surface area contributed by atoms with Crippen LogP contribution in [-0.4, -0.2) is 39.5 Å². The second kappa shape index (κ2) is 6.93. The Morgan fingerprint density at radius 2 is 1.68 bits per heavy atom. The van der Waals surface area contributed by atoms with Crippen LogP contribution in [0.25, 0.3) is 0 Å². The molecule has 1 aromatic heterocycles. The van der Waals surface area contributed by atoms with E-state index in [1.165, 1.54) is 10.6 Å². The largest absolute Gasteiger partial charge is 0.468 e. The molecule has 1 saturated heterocycles. The Kier molecular flexibility index (Phi) is 5.04. The average molecular weight is 383 g/mol. The minimum Gasteiger partial charge on any atom is -0.468 e. The van der Waals surface area contributed by atoms with E-state index in [0.29, 0.717) is 18.6 Å². The van der Waals surface area contributed by atoms with Gasteiger partial charge in [0, 0.05) is 13.1 Å². The number of aryl methyl sites for hydroxylation is 1. The van der Waals surface area contributed by atoms with Gasteiger partial charge in [0.05, 0.1) is 16.4 Å². The minimum absolute atomic E-state index is 0.143. The van der Waals surface area contributed by atoms with E-state index in [0.717, 1.165) is 5.56 Å². The lowest BCUT2D eigenvalue weighted by Gasteiger charge is -2.30. The van der Waals surface area contributed by atoms with Gasteiger partial charge in [0.2, 0.25) is 10.0 Å². The third kappa shape index (κ3) is 3.96. The summed E-state index contributed by atoms with van der Waals surface area (Å²) in [5.74, 6) is 0.268. The molecule has 0 spiro atoms. The van der Waals surface area contributed by atoms with Crippen molar-refractivity contribution in [1.29, 1.82) is 0 Å². The van der Waals surface area contributed by atoms with Crippen molar-refractivity contribution in [3.05, 3.63) is 54.0 Å². The van der Waals surface area contributed by atoms with Gasteiger partial charge in [-0.2, -0.15) is 4.31 Å². The predicted octanol–water partition coefficient (Wildman–Crippen LogP) is 2.36. The molecule has 1 aromatic carbocycles. The molecule has 0 aliphatic carbocycles. The van der Waals surface area contributed by atoms with Gasteiger partial charge in [0.15, 0.2) is 9.84 Å². The lowest BCUT2D eigenvalue weighted by Crippen LogP contribution is -2.42. The van der Waals surface area contributed by atoms with Gasteiger partial charge >= 0.3 is 0 Å². The Labute approximate surface area is 148 Å². The highest BCUT2D eigenvalue weighted by Gasteiger charge is 2.35. The topological polar surface area (TPSA) is 84.7 Å². The Hall–Kier alpha value is -1.64. The average Bonchev–Trinajstić information content (AvgIpc) is 3.07. The molecule has 1 aliphatic rings. The monoisotopic (exact) mass is 383 g/mol. The number of piperidine rings is 1. The molecule has 6 nitrogen and oxygen atoms in total. The summed E-state index contributed by atoms with van der Waals surface area (Å²) in [7, 11) is -6.94. The van der Waals surface area contributed by atoms with E-state index in [9.17, 15) is 16.8 Å². The lowest BCUT2D eigenvalue weighted by molar-refractivity contribution is 0.345. The van der Waals surface area contributed by atoms with Crippen molar-refractivity contribution in [2.75, 3.05) is 13.1 Å². The van der Waals surface area contributed by atoms with Crippen LogP contribution in [0.2, 0.25) is 0 Å². The number of furan rings is 1. The molecule has 0 amide bonds. The molecule has 8 heteroatoms. The number of hydrogen-bond donors (Lipinski definition) is 0. The summed E-state index contributed by atoms with van der Waals surface area (Å²) >= 11 is 0. The van der Waals surface area contributed by atoms with Crippen LogP contribution in [0.5, 0.6) is 0 Å². The van der Waals surface area contributed by atoms with E-state index in [2.05, 4.69) is 0 Å². The van der Waals surface area contributed by atoms with Crippen LogP contribution in [0, 0.1) is 6.92 Å². The van der Waals surface area contributed by atoms with Crippen molar-refractivity contribution < 1.29 is 21.3 Å². The molecule has 2 aromatic rings. The van der Waals surface area contributed by atoms with Gasteiger partial charge in [-0.3, -0.25) is 0 Å². The van der Waals surface area contributed by atoms with Crippen LogP contribution in [-0.2, 0) is 25.6 Å². The fourth-order valence-electron chi connectivity index (χ4n) is 3.00. The number of hydrogen-bond acceptors (Lipinski definition) is 5. The molecule has 0 bridgehead atoms. The van der Waals surface area contributed by atoms with Crippen LogP contribution < -0.4 is 0 Å². The first-order chi connectivity index (χ1) is 11.8. The maximum Gasteiger partial charge on any atom is 0.243 e. The highest BCUT2D eigenvalue weighted by Crippen LogP contribution is 2.26. The number of benzene rings is 1. The summed E-state index contributed by atoms with van der Waals surface area (Å²) in [6.07, 6.45) is 2.05. The fraction of sp³-hybridized carbons (Fsp3) is 0.412. The quantitative estimate of drug-likeness (QED) is 0.791. The van der Waals surface area contributed by atoms with Crippen LogP contribution in [0.4, 0.5) is 0 Å². The molecule has 0 N–H and O–H groups in total. The molecular formula is C17H21NO5S2. The Balaban J connectivity index is 1.68. The van der Waals surface area contributed by atoms with Crippen LogP contribution in [0.3, 0.4) is 0 Å². The first kappa shape index (κ1) is 18.2. The summed E-state index contributed by atoms with van der Waals surface area (Å²) < 4.78 is 56.8. The molecule has 25 heavy (non-hydrogen) atoms. The van der Waals surface area contributed by atoms with E-state index in [1.807, 2.05) is 6.92 Å². The number of nitrogens with zero attached hydrogens (tertiary/aromatic N) is 1. The van der Waals surface area contributed by atoms with Crippen molar-refractivity contribution in [1.82, 2.24) is 4.31 Å². The summed E-state index contributed by atoms with van der Waals surface area (Å²) in [4.78, 5) is 0.245. The number of sulfonamides is 1. The van der Waals surface area contributed by atoms with E-state index in [-0.39, 0.29) is 23.7 Å². The van der Waals surface area contributed by atoms with Crippen LogP contribution in [0.1, 0.15) is 24.2 Å². The first-order valence-corrected chi connectivity index (χ1v) is 11.3. The molecule has 0 unspecified atom stereocenters. The third-order valence-electron chi connectivity index (χ3n) is 4.49. The zero-order chi connectivity index (χ0) is 18.1. The summed E-state index contributed by atoms with van der Waals surface area (Å²) in [6.45, 7) is 2.31. The standard InChI is InChI=1S/C17H21NO5S2/c1-14-4-6-17(7-5-14)25(21,22)18-10-8-16(9-11-18)24(19,20)13-15-3-2-12-23-15/h2-7,12,16H,8-11,13H2,1H3. The normalized spacial score (nSPS) is 17.6. The van der Waals surface area contributed by atoms with Crippen LogP contribution in [0.15, 0.2) is 52.0 Å². The van der Waals surface area contributed by atoms with Gasteiger partial charge in [-0.15, -0.1) is 0 Å².